The molecule has 0 unspecified atom stereocenters. The van der Waals surface area contributed by atoms with Crippen LogP contribution in [0.3, 0.4) is 0 Å². The van der Waals surface area contributed by atoms with E-state index in [-0.39, 0.29) is 31.4 Å². The van der Waals surface area contributed by atoms with E-state index in [9.17, 15) is 14.4 Å². The average Bonchev–Trinajstić information content (AvgIpc) is 2.73. The van der Waals surface area contributed by atoms with Crippen molar-refractivity contribution in [1.82, 2.24) is 0 Å². The number of carbonyl (C=O) groups excluding carboxylic acids is 2. The second-order valence-corrected chi connectivity index (χ2v) is 6.06. The molecule has 0 heterocycles. The summed E-state index contributed by atoms with van der Waals surface area (Å²) in [7, 11) is 0. The lowest BCUT2D eigenvalue weighted by Gasteiger charge is -2.06. The first-order chi connectivity index (χ1) is 15.0. The minimum Gasteiger partial charge on any atom is -0.478 e. The maximum absolute atomic E-state index is 11.0. The van der Waals surface area contributed by atoms with Crippen LogP contribution in [-0.4, -0.2) is 87.6 Å². The first kappa shape index (κ1) is 34.1. The lowest BCUT2D eigenvalue weighted by Crippen LogP contribution is -2.14. The van der Waals surface area contributed by atoms with Crippen molar-refractivity contribution >= 4 is 17.9 Å². The van der Waals surface area contributed by atoms with Gasteiger partial charge in [-0.25, -0.2) is 14.4 Å². The molecule has 0 spiro atoms. The van der Waals surface area contributed by atoms with Gasteiger partial charge >= 0.3 is 17.9 Å². The standard InChI is InChI=1S/C12H22O5.C6H10O3.C4H6O2/c1-4-14-5-6-15-7-8-16-9-10-17-12(13)11(2)3;1-5(2)6(8)9-4-3-7;1-3(2)4(5)6/h2,4-10H2,1,3H3;7H,1,3-4H2,2H3;1H2,2H3,(H,5,6). The molecule has 32 heavy (non-hydrogen) atoms. The zero-order valence-electron chi connectivity index (χ0n) is 19.6. The Morgan fingerprint density at radius 3 is 1.31 bits per heavy atom. The molecule has 10 nitrogen and oxygen atoms in total. The number of hydrogen-bond acceptors (Lipinski definition) is 9. The molecule has 0 amide bonds. The van der Waals surface area contributed by atoms with Crippen molar-refractivity contribution in [1.29, 1.82) is 0 Å². The Balaban J connectivity index is -0.000000466. The summed E-state index contributed by atoms with van der Waals surface area (Å²) in [6.45, 7) is 19.9. The Kier molecular flexibility index (Phi) is 26.4. The molecule has 0 aromatic rings. The Labute approximate surface area is 190 Å². The van der Waals surface area contributed by atoms with Gasteiger partial charge in [0.05, 0.1) is 39.6 Å². The Morgan fingerprint density at radius 1 is 0.656 bits per heavy atom. The number of carboxylic acid groups (broad SMARTS) is 1. The van der Waals surface area contributed by atoms with Gasteiger partial charge in [0, 0.05) is 23.3 Å². The maximum Gasteiger partial charge on any atom is 0.333 e. The van der Waals surface area contributed by atoms with Crippen LogP contribution < -0.4 is 0 Å². The van der Waals surface area contributed by atoms with Gasteiger partial charge in [0.2, 0.25) is 0 Å². The van der Waals surface area contributed by atoms with E-state index < -0.39 is 11.9 Å². The highest BCUT2D eigenvalue weighted by Gasteiger charge is 2.01. The van der Waals surface area contributed by atoms with Crippen molar-refractivity contribution in [2.24, 2.45) is 0 Å². The summed E-state index contributed by atoms with van der Waals surface area (Å²) >= 11 is 0. The zero-order chi connectivity index (χ0) is 25.4. The summed E-state index contributed by atoms with van der Waals surface area (Å²) in [6, 6.07) is 0. The van der Waals surface area contributed by atoms with E-state index in [4.69, 9.17) is 29.2 Å². The molecule has 0 aromatic carbocycles. The van der Waals surface area contributed by atoms with Crippen LogP contribution in [0.2, 0.25) is 0 Å². The summed E-state index contributed by atoms with van der Waals surface area (Å²) in [5, 5.41) is 16.1. The van der Waals surface area contributed by atoms with Crippen molar-refractivity contribution in [2.75, 3.05) is 59.5 Å². The minimum atomic E-state index is -0.935. The summed E-state index contributed by atoms with van der Waals surface area (Å²) in [4.78, 5) is 31.0. The van der Waals surface area contributed by atoms with Crippen LogP contribution in [0.1, 0.15) is 27.7 Å². The monoisotopic (exact) mass is 462 g/mol. The number of esters is 2. The number of rotatable bonds is 15. The second-order valence-electron chi connectivity index (χ2n) is 6.06. The van der Waals surface area contributed by atoms with Crippen LogP contribution >= 0.6 is 0 Å². The van der Waals surface area contributed by atoms with E-state index in [2.05, 4.69) is 24.5 Å². The molecule has 0 bridgehead atoms. The number of carbonyl (C=O) groups is 3. The minimum absolute atomic E-state index is 0.0473. The molecule has 0 atom stereocenters. The summed E-state index contributed by atoms with van der Waals surface area (Å²) in [6.07, 6.45) is 0. The van der Waals surface area contributed by atoms with Crippen LogP contribution in [0.25, 0.3) is 0 Å². The third-order valence-corrected chi connectivity index (χ3v) is 2.80. The third kappa shape index (κ3) is 29.7. The predicted octanol–water partition coefficient (Wildman–Crippen LogP) is 1.92. The van der Waals surface area contributed by atoms with Gasteiger partial charge in [-0.2, -0.15) is 0 Å². The van der Waals surface area contributed by atoms with Gasteiger partial charge in [-0.15, -0.1) is 0 Å². The van der Waals surface area contributed by atoms with Crippen LogP contribution in [0.15, 0.2) is 36.5 Å². The molecule has 0 aliphatic heterocycles. The number of aliphatic hydroxyl groups is 1. The van der Waals surface area contributed by atoms with Crippen molar-refractivity contribution in [3.05, 3.63) is 36.5 Å². The second kappa shape index (κ2) is 24.7. The smallest absolute Gasteiger partial charge is 0.333 e. The Morgan fingerprint density at radius 2 is 1.00 bits per heavy atom. The fourth-order valence-corrected chi connectivity index (χ4v) is 1.16. The highest BCUT2D eigenvalue weighted by atomic mass is 16.6. The van der Waals surface area contributed by atoms with E-state index in [1.807, 2.05) is 6.92 Å². The third-order valence-electron chi connectivity index (χ3n) is 2.80. The van der Waals surface area contributed by atoms with Crippen LogP contribution in [0.4, 0.5) is 0 Å². The van der Waals surface area contributed by atoms with Gasteiger partial charge in [0.25, 0.3) is 0 Å². The molecule has 10 heteroatoms. The normalized spacial score (nSPS) is 9.28. The molecule has 0 fully saturated rings. The number of ether oxygens (including phenoxy) is 5. The highest BCUT2D eigenvalue weighted by molar-refractivity contribution is 5.87. The average molecular weight is 463 g/mol. The topological polar surface area (TPSA) is 138 Å². The maximum atomic E-state index is 11.0. The quantitative estimate of drug-likeness (QED) is 0.211. The van der Waals surface area contributed by atoms with Crippen molar-refractivity contribution in [2.45, 2.75) is 27.7 Å². The molecule has 186 valence electrons. The van der Waals surface area contributed by atoms with E-state index in [0.29, 0.717) is 50.8 Å². The molecule has 2 N–H and O–H groups in total. The van der Waals surface area contributed by atoms with Gasteiger partial charge in [-0.3, -0.25) is 0 Å². The first-order valence-electron chi connectivity index (χ1n) is 9.89. The Hall–Kier alpha value is -2.53. The van der Waals surface area contributed by atoms with E-state index in [1.165, 1.54) is 6.92 Å². The van der Waals surface area contributed by atoms with Gasteiger partial charge < -0.3 is 33.9 Å². The van der Waals surface area contributed by atoms with Gasteiger partial charge in [0.15, 0.2) is 0 Å². The fourth-order valence-electron chi connectivity index (χ4n) is 1.16. The SMILES string of the molecule is C=C(C)C(=O)O.C=C(C)C(=O)OCCO.C=C(C)C(=O)OCCOCCOCCOCC. The lowest BCUT2D eigenvalue weighted by molar-refractivity contribution is -0.141. The van der Waals surface area contributed by atoms with Crippen LogP contribution in [-0.2, 0) is 38.1 Å². The van der Waals surface area contributed by atoms with Crippen LogP contribution in [0.5, 0.6) is 0 Å². The number of aliphatic hydroxyl groups excluding tert-OH is 1. The summed E-state index contributed by atoms with van der Waals surface area (Å²) in [5.41, 5.74) is 0.919. The highest BCUT2D eigenvalue weighted by Crippen LogP contribution is 1.92. The molecular weight excluding hydrogens is 424 g/mol. The van der Waals surface area contributed by atoms with Crippen LogP contribution in [0, 0.1) is 0 Å². The van der Waals surface area contributed by atoms with E-state index in [0.717, 1.165) is 0 Å². The molecule has 0 radical (unpaired) electrons. The molecule has 0 aliphatic carbocycles. The molecule has 0 aliphatic rings. The fraction of sp³-hybridized carbons (Fsp3) is 0.591. The van der Waals surface area contributed by atoms with Crippen molar-refractivity contribution in [3.63, 3.8) is 0 Å². The van der Waals surface area contributed by atoms with Crippen molar-refractivity contribution in [3.8, 4) is 0 Å². The number of hydrogen-bond donors (Lipinski definition) is 2. The number of aliphatic carboxylic acids is 1. The largest absolute Gasteiger partial charge is 0.478 e. The predicted molar refractivity (Wildman–Crippen MR) is 119 cm³/mol. The molecule has 0 saturated heterocycles. The Bertz CT molecular complexity index is 557. The molecule has 0 aromatic heterocycles. The van der Waals surface area contributed by atoms with E-state index in [1.54, 1.807) is 13.8 Å². The van der Waals surface area contributed by atoms with Gasteiger partial charge in [-0.1, -0.05) is 19.7 Å². The molecule has 0 saturated carbocycles. The molecular formula is C22H38O10. The van der Waals surface area contributed by atoms with Gasteiger partial charge in [-0.05, 0) is 27.7 Å². The number of carboxylic acids is 1. The first-order valence-corrected chi connectivity index (χ1v) is 9.89. The molecule has 0 rings (SSSR count). The summed E-state index contributed by atoms with van der Waals surface area (Å²) in [5.74, 6) is -1.78. The zero-order valence-corrected chi connectivity index (χ0v) is 19.6. The van der Waals surface area contributed by atoms with Gasteiger partial charge in [0.1, 0.15) is 13.2 Å². The van der Waals surface area contributed by atoms with Crippen molar-refractivity contribution < 1.29 is 48.3 Å². The van der Waals surface area contributed by atoms with E-state index >= 15 is 0 Å². The summed E-state index contributed by atoms with van der Waals surface area (Å²) < 4.78 is 24.8. The lowest BCUT2D eigenvalue weighted by atomic mass is 10.4.